The van der Waals surface area contributed by atoms with Gasteiger partial charge in [-0.2, -0.15) is 0 Å². The second-order valence-electron chi connectivity index (χ2n) is 6.36. The second-order valence-corrected chi connectivity index (χ2v) is 7.28. The van der Waals surface area contributed by atoms with Crippen molar-refractivity contribution in [3.05, 3.63) is 46.1 Å². The van der Waals surface area contributed by atoms with Gasteiger partial charge in [-0.25, -0.2) is 0 Å². The quantitative estimate of drug-likeness (QED) is 0.861. The third kappa shape index (κ3) is 3.93. The van der Waals surface area contributed by atoms with E-state index in [9.17, 15) is 4.79 Å². The molecule has 0 saturated carbocycles. The molecule has 0 atom stereocenters. The van der Waals surface area contributed by atoms with Crippen LogP contribution in [0.2, 0.25) is 0 Å². The van der Waals surface area contributed by atoms with Crippen LogP contribution in [0.25, 0.3) is 0 Å². The van der Waals surface area contributed by atoms with Crippen molar-refractivity contribution in [3.63, 3.8) is 0 Å². The molecule has 0 spiro atoms. The number of halogens is 1. The SMILES string of the molecule is Cc1cc(Br)ccc1NC(=O)c1ccc(N2CCC(C)CC2)nn1. The Morgan fingerprint density at radius 3 is 2.58 bits per heavy atom. The molecule has 24 heavy (non-hydrogen) atoms. The summed E-state index contributed by atoms with van der Waals surface area (Å²) in [6.07, 6.45) is 2.35. The van der Waals surface area contributed by atoms with Gasteiger partial charge in [0.1, 0.15) is 0 Å². The van der Waals surface area contributed by atoms with Crippen LogP contribution in [0.4, 0.5) is 11.5 Å². The third-order valence-electron chi connectivity index (χ3n) is 4.43. The minimum atomic E-state index is -0.244. The molecule has 1 aromatic heterocycles. The van der Waals surface area contributed by atoms with Crippen molar-refractivity contribution < 1.29 is 4.79 Å². The smallest absolute Gasteiger partial charge is 0.276 e. The first-order chi connectivity index (χ1) is 11.5. The number of carbonyl (C=O) groups is 1. The molecule has 0 unspecified atom stereocenters. The van der Waals surface area contributed by atoms with Crippen molar-refractivity contribution in [1.82, 2.24) is 10.2 Å². The molecular weight excluding hydrogens is 368 g/mol. The summed E-state index contributed by atoms with van der Waals surface area (Å²) in [7, 11) is 0. The van der Waals surface area contributed by atoms with Gasteiger partial charge in [-0.15, -0.1) is 10.2 Å². The molecule has 1 aliphatic heterocycles. The van der Waals surface area contributed by atoms with E-state index in [0.717, 1.165) is 40.5 Å². The molecule has 2 aromatic rings. The maximum absolute atomic E-state index is 12.3. The molecule has 1 aromatic carbocycles. The van der Waals surface area contributed by atoms with Gasteiger partial charge in [0.05, 0.1) is 0 Å². The fourth-order valence-electron chi connectivity index (χ4n) is 2.81. The lowest BCUT2D eigenvalue weighted by atomic mass is 9.99. The van der Waals surface area contributed by atoms with Gasteiger partial charge in [-0.05, 0) is 61.6 Å². The lowest BCUT2D eigenvalue weighted by molar-refractivity contribution is 0.102. The minimum Gasteiger partial charge on any atom is -0.355 e. The molecule has 1 saturated heterocycles. The Balaban J connectivity index is 1.67. The van der Waals surface area contributed by atoms with Crippen LogP contribution < -0.4 is 10.2 Å². The first kappa shape index (κ1) is 16.9. The summed E-state index contributed by atoms with van der Waals surface area (Å²) in [5.41, 5.74) is 2.09. The van der Waals surface area contributed by atoms with E-state index in [4.69, 9.17) is 0 Å². The van der Waals surface area contributed by atoms with E-state index in [2.05, 4.69) is 43.3 Å². The van der Waals surface area contributed by atoms with E-state index in [0.29, 0.717) is 5.69 Å². The number of anilines is 2. The van der Waals surface area contributed by atoms with Crippen molar-refractivity contribution in [3.8, 4) is 0 Å². The molecule has 2 heterocycles. The van der Waals surface area contributed by atoms with Gasteiger partial charge in [0.2, 0.25) is 0 Å². The Morgan fingerprint density at radius 2 is 1.96 bits per heavy atom. The van der Waals surface area contributed by atoms with Crippen molar-refractivity contribution >= 4 is 33.3 Å². The van der Waals surface area contributed by atoms with Crippen LogP contribution in [0.15, 0.2) is 34.8 Å². The standard InChI is InChI=1S/C18H21BrN4O/c1-12-7-9-23(10-8-12)17-6-5-16(21-22-17)18(24)20-15-4-3-14(19)11-13(15)2/h3-6,11-12H,7-10H2,1-2H3,(H,20,24). The molecule has 1 N–H and O–H groups in total. The Labute approximate surface area is 150 Å². The maximum atomic E-state index is 12.3. The Bertz CT molecular complexity index is 724. The maximum Gasteiger partial charge on any atom is 0.276 e. The highest BCUT2D eigenvalue weighted by Gasteiger charge is 2.18. The highest BCUT2D eigenvalue weighted by molar-refractivity contribution is 9.10. The number of nitrogens with one attached hydrogen (secondary N) is 1. The zero-order valence-corrected chi connectivity index (χ0v) is 15.5. The molecule has 6 heteroatoms. The summed E-state index contributed by atoms with van der Waals surface area (Å²) in [6.45, 7) is 6.23. The van der Waals surface area contributed by atoms with E-state index in [-0.39, 0.29) is 5.91 Å². The number of benzene rings is 1. The van der Waals surface area contributed by atoms with Crippen LogP contribution in [0.1, 0.15) is 35.8 Å². The molecule has 5 nitrogen and oxygen atoms in total. The predicted molar refractivity (Wildman–Crippen MR) is 99.5 cm³/mol. The Hall–Kier alpha value is -1.95. The topological polar surface area (TPSA) is 58.1 Å². The fourth-order valence-corrected chi connectivity index (χ4v) is 3.28. The van der Waals surface area contributed by atoms with Crippen molar-refractivity contribution in [2.24, 2.45) is 5.92 Å². The van der Waals surface area contributed by atoms with Crippen LogP contribution >= 0.6 is 15.9 Å². The number of hydrogen-bond acceptors (Lipinski definition) is 4. The molecule has 3 rings (SSSR count). The number of nitrogens with zero attached hydrogens (tertiary/aromatic N) is 3. The van der Waals surface area contributed by atoms with Gasteiger partial charge in [0.15, 0.2) is 11.5 Å². The van der Waals surface area contributed by atoms with Gasteiger partial charge in [0.25, 0.3) is 5.91 Å². The average molecular weight is 389 g/mol. The fraction of sp³-hybridized carbons (Fsp3) is 0.389. The van der Waals surface area contributed by atoms with Crippen LogP contribution in [-0.4, -0.2) is 29.2 Å². The van der Waals surface area contributed by atoms with Gasteiger partial charge in [0, 0.05) is 23.2 Å². The summed E-state index contributed by atoms with van der Waals surface area (Å²) < 4.78 is 0.984. The second kappa shape index (κ2) is 7.30. The number of aromatic nitrogens is 2. The first-order valence-corrected chi connectivity index (χ1v) is 8.98. The summed E-state index contributed by atoms with van der Waals surface area (Å²) in [5, 5.41) is 11.2. The number of piperidine rings is 1. The van der Waals surface area contributed by atoms with E-state index in [1.54, 1.807) is 6.07 Å². The van der Waals surface area contributed by atoms with Crippen LogP contribution in [0, 0.1) is 12.8 Å². The minimum absolute atomic E-state index is 0.244. The molecule has 126 valence electrons. The van der Waals surface area contributed by atoms with Crippen LogP contribution in [0.3, 0.4) is 0 Å². The number of amides is 1. The van der Waals surface area contributed by atoms with Crippen molar-refractivity contribution in [2.75, 3.05) is 23.3 Å². The van der Waals surface area contributed by atoms with Crippen molar-refractivity contribution in [2.45, 2.75) is 26.7 Å². The number of hydrogen-bond donors (Lipinski definition) is 1. The van der Waals surface area contributed by atoms with E-state index >= 15 is 0 Å². The number of rotatable bonds is 3. The zero-order chi connectivity index (χ0) is 17.1. The molecular formula is C18H21BrN4O. The van der Waals surface area contributed by atoms with Crippen LogP contribution in [-0.2, 0) is 0 Å². The van der Waals surface area contributed by atoms with E-state index < -0.39 is 0 Å². The Kier molecular flexibility index (Phi) is 5.14. The summed E-state index contributed by atoms with van der Waals surface area (Å²) in [6, 6.07) is 9.35. The van der Waals surface area contributed by atoms with Gasteiger partial charge in [-0.3, -0.25) is 4.79 Å². The first-order valence-electron chi connectivity index (χ1n) is 8.19. The third-order valence-corrected chi connectivity index (χ3v) is 4.92. The van der Waals surface area contributed by atoms with Crippen LogP contribution in [0.5, 0.6) is 0 Å². The summed E-state index contributed by atoms with van der Waals surface area (Å²) >= 11 is 3.42. The largest absolute Gasteiger partial charge is 0.355 e. The normalized spacial score (nSPS) is 15.4. The van der Waals surface area contributed by atoms with E-state index in [1.807, 2.05) is 31.2 Å². The summed E-state index contributed by atoms with van der Waals surface area (Å²) in [4.78, 5) is 14.6. The Morgan fingerprint density at radius 1 is 1.21 bits per heavy atom. The molecule has 1 amide bonds. The highest BCUT2D eigenvalue weighted by atomic mass is 79.9. The molecule has 0 aliphatic carbocycles. The van der Waals surface area contributed by atoms with Crippen molar-refractivity contribution in [1.29, 1.82) is 0 Å². The zero-order valence-electron chi connectivity index (χ0n) is 13.9. The van der Waals surface area contributed by atoms with Gasteiger partial charge in [-0.1, -0.05) is 22.9 Å². The highest BCUT2D eigenvalue weighted by Crippen LogP contribution is 2.22. The lowest BCUT2D eigenvalue weighted by Crippen LogP contribution is -2.33. The van der Waals surface area contributed by atoms with Gasteiger partial charge >= 0.3 is 0 Å². The molecule has 0 radical (unpaired) electrons. The predicted octanol–water partition coefficient (Wildman–Crippen LogP) is 4.04. The molecule has 1 fully saturated rings. The summed E-state index contributed by atoms with van der Waals surface area (Å²) in [5.74, 6) is 1.37. The van der Waals surface area contributed by atoms with Gasteiger partial charge < -0.3 is 10.2 Å². The average Bonchev–Trinajstić information content (AvgIpc) is 2.58. The van der Waals surface area contributed by atoms with E-state index in [1.165, 1.54) is 12.8 Å². The number of aryl methyl sites for hydroxylation is 1. The molecule has 1 aliphatic rings. The lowest BCUT2D eigenvalue weighted by Gasteiger charge is -2.30. The molecule has 0 bridgehead atoms. The monoisotopic (exact) mass is 388 g/mol. The number of carbonyl (C=O) groups excluding carboxylic acids is 1.